The summed E-state index contributed by atoms with van der Waals surface area (Å²) in [7, 11) is -0.340. The molecule has 3 aliphatic heterocycles. The fourth-order valence-electron chi connectivity index (χ4n) is 3.54. The molecule has 0 radical (unpaired) electrons. The standard InChI is InChI=1S/C16H24N4O3S/c1-18(2)24(22,23)19-10-14-5-6-15(12-19)20(11-14)16(21)8-13-4-3-7-17-9-13/h3-4,7,9,14-15H,5-6,8,10-12H2,1-2H3. The third-order valence-corrected chi connectivity index (χ3v) is 6.74. The van der Waals surface area contributed by atoms with E-state index in [1.165, 1.54) is 8.61 Å². The maximum absolute atomic E-state index is 12.7. The van der Waals surface area contributed by atoms with Crippen LogP contribution in [-0.2, 0) is 21.4 Å². The Morgan fingerprint density at radius 2 is 2.08 bits per heavy atom. The average Bonchev–Trinajstić information content (AvgIpc) is 2.88. The summed E-state index contributed by atoms with van der Waals surface area (Å²) >= 11 is 0. The number of amides is 1. The van der Waals surface area contributed by atoms with Gasteiger partial charge in [-0.25, -0.2) is 0 Å². The fraction of sp³-hybridized carbons (Fsp3) is 0.625. The first-order valence-electron chi connectivity index (χ1n) is 8.24. The van der Waals surface area contributed by atoms with E-state index in [0.717, 1.165) is 18.4 Å². The van der Waals surface area contributed by atoms with Gasteiger partial charge in [-0.15, -0.1) is 0 Å². The highest BCUT2D eigenvalue weighted by molar-refractivity contribution is 7.86. The van der Waals surface area contributed by atoms with E-state index in [1.807, 2.05) is 17.0 Å². The van der Waals surface area contributed by atoms with Crippen LogP contribution in [-0.4, -0.2) is 72.6 Å². The first-order chi connectivity index (χ1) is 11.4. The van der Waals surface area contributed by atoms with Crippen LogP contribution in [0.15, 0.2) is 24.5 Å². The average molecular weight is 352 g/mol. The van der Waals surface area contributed by atoms with E-state index in [-0.39, 0.29) is 17.9 Å². The summed E-state index contributed by atoms with van der Waals surface area (Å²) in [6.07, 6.45) is 5.55. The maximum Gasteiger partial charge on any atom is 0.281 e. The number of hydrogen-bond acceptors (Lipinski definition) is 4. The molecule has 1 aromatic heterocycles. The lowest BCUT2D eigenvalue weighted by atomic mass is 9.94. The van der Waals surface area contributed by atoms with E-state index in [2.05, 4.69) is 4.98 Å². The zero-order valence-electron chi connectivity index (χ0n) is 14.1. The van der Waals surface area contributed by atoms with Crippen molar-refractivity contribution in [3.05, 3.63) is 30.1 Å². The third-order valence-electron chi connectivity index (χ3n) is 4.87. The van der Waals surface area contributed by atoms with Crippen molar-refractivity contribution in [1.29, 1.82) is 0 Å². The molecule has 2 unspecified atom stereocenters. The number of fused-ring (bicyclic) bond motifs is 4. The molecular formula is C16H24N4O3S. The minimum Gasteiger partial charge on any atom is -0.338 e. The normalized spacial score (nSPS) is 25.0. The van der Waals surface area contributed by atoms with Crippen LogP contribution in [0.25, 0.3) is 0 Å². The molecule has 24 heavy (non-hydrogen) atoms. The van der Waals surface area contributed by atoms with Gasteiger partial charge in [0.1, 0.15) is 0 Å². The van der Waals surface area contributed by atoms with Crippen LogP contribution < -0.4 is 0 Å². The van der Waals surface area contributed by atoms with Gasteiger partial charge in [0.15, 0.2) is 0 Å². The molecule has 0 spiro atoms. The molecule has 3 fully saturated rings. The summed E-state index contributed by atoms with van der Waals surface area (Å²) in [5.41, 5.74) is 0.889. The Hall–Kier alpha value is -1.51. The van der Waals surface area contributed by atoms with Crippen LogP contribution in [0, 0.1) is 5.92 Å². The Balaban J connectivity index is 1.75. The molecule has 4 heterocycles. The molecule has 3 aliphatic rings. The summed E-state index contributed by atoms with van der Waals surface area (Å²) in [6, 6.07) is 3.68. The summed E-state index contributed by atoms with van der Waals surface area (Å²) in [6.45, 7) is 1.52. The highest BCUT2D eigenvalue weighted by atomic mass is 32.2. The first kappa shape index (κ1) is 17.3. The quantitative estimate of drug-likeness (QED) is 0.784. The predicted octanol–water partition coefficient (Wildman–Crippen LogP) is 0.353. The minimum atomic E-state index is -3.44. The molecule has 1 amide bonds. The van der Waals surface area contributed by atoms with Gasteiger partial charge < -0.3 is 4.90 Å². The SMILES string of the molecule is CN(C)S(=O)(=O)N1CC2CCC(C1)N(C(=O)Cc1cccnc1)C2. The van der Waals surface area contributed by atoms with Gasteiger partial charge in [0.05, 0.1) is 6.42 Å². The highest BCUT2D eigenvalue weighted by Gasteiger charge is 2.41. The molecule has 7 nitrogen and oxygen atoms in total. The van der Waals surface area contributed by atoms with Gasteiger partial charge in [-0.1, -0.05) is 6.07 Å². The van der Waals surface area contributed by atoms with Gasteiger partial charge in [-0.3, -0.25) is 9.78 Å². The molecular weight excluding hydrogens is 328 g/mol. The first-order valence-corrected chi connectivity index (χ1v) is 9.63. The summed E-state index contributed by atoms with van der Waals surface area (Å²) in [4.78, 5) is 18.7. The lowest BCUT2D eigenvalue weighted by Crippen LogP contribution is -2.49. The van der Waals surface area contributed by atoms with Crippen LogP contribution >= 0.6 is 0 Å². The Morgan fingerprint density at radius 1 is 1.29 bits per heavy atom. The van der Waals surface area contributed by atoms with Crippen LogP contribution in [0.1, 0.15) is 18.4 Å². The van der Waals surface area contributed by atoms with Crippen molar-refractivity contribution < 1.29 is 13.2 Å². The summed E-state index contributed by atoms with van der Waals surface area (Å²) in [5, 5.41) is 0. The van der Waals surface area contributed by atoms with Crippen molar-refractivity contribution in [2.45, 2.75) is 25.3 Å². The molecule has 0 aromatic carbocycles. The van der Waals surface area contributed by atoms with Crippen molar-refractivity contribution >= 4 is 16.1 Å². The van der Waals surface area contributed by atoms with Crippen molar-refractivity contribution in [1.82, 2.24) is 18.5 Å². The Labute approximate surface area is 143 Å². The van der Waals surface area contributed by atoms with Gasteiger partial charge in [0.25, 0.3) is 10.2 Å². The third kappa shape index (κ3) is 3.45. The number of carbonyl (C=O) groups excluding carboxylic acids is 1. The Kier molecular flexibility index (Phi) is 4.89. The number of carbonyl (C=O) groups is 1. The monoisotopic (exact) mass is 352 g/mol. The van der Waals surface area contributed by atoms with Crippen molar-refractivity contribution in [3.63, 3.8) is 0 Å². The molecule has 2 atom stereocenters. The molecule has 1 aromatic rings. The van der Waals surface area contributed by atoms with E-state index in [0.29, 0.717) is 26.1 Å². The highest BCUT2D eigenvalue weighted by Crippen LogP contribution is 2.30. The van der Waals surface area contributed by atoms with E-state index in [4.69, 9.17) is 0 Å². The topological polar surface area (TPSA) is 73.8 Å². The molecule has 0 aliphatic carbocycles. The van der Waals surface area contributed by atoms with E-state index < -0.39 is 10.2 Å². The van der Waals surface area contributed by atoms with Gasteiger partial charge in [0, 0.05) is 52.2 Å². The second-order valence-corrected chi connectivity index (χ2v) is 8.93. The van der Waals surface area contributed by atoms with Gasteiger partial charge in [-0.05, 0) is 30.4 Å². The van der Waals surface area contributed by atoms with Crippen molar-refractivity contribution in [3.8, 4) is 0 Å². The summed E-state index contributed by atoms with van der Waals surface area (Å²) < 4.78 is 27.7. The summed E-state index contributed by atoms with van der Waals surface area (Å²) in [5.74, 6) is 0.262. The van der Waals surface area contributed by atoms with Crippen LogP contribution in [0.4, 0.5) is 0 Å². The zero-order valence-corrected chi connectivity index (χ0v) is 14.9. The van der Waals surface area contributed by atoms with Crippen molar-refractivity contribution in [2.24, 2.45) is 5.92 Å². The number of rotatable bonds is 4. The second-order valence-electron chi connectivity index (χ2n) is 6.79. The van der Waals surface area contributed by atoms with E-state index >= 15 is 0 Å². The molecule has 0 saturated carbocycles. The molecule has 8 heteroatoms. The molecule has 3 saturated heterocycles. The number of piperidine rings is 1. The number of aromatic nitrogens is 1. The number of pyridine rings is 1. The molecule has 4 rings (SSSR count). The lowest BCUT2D eigenvalue weighted by molar-refractivity contribution is -0.134. The molecule has 132 valence electrons. The van der Waals surface area contributed by atoms with Crippen molar-refractivity contribution in [2.75, 3.05) is 33.7 Å². The predicted molar refractivity (Wildman–Crippen MR) is 90.3 cm³/mol. The zero-order chi connectivity index (χ0) is 17.3. The largest absolute Gasteiger partial charge is 0.338 e. The minimum absolute atomic E-state index is 0.0392. The number of hydrogen-bond donors (Lipinski definition) is 0. The number of nitrogens with zero attached hydrogens (tertiary/aromatic N) is 4. The smallest absolute Gasteiger partial charge is 0.281 e. The van der Waals surface area contributed by atoms with E-state index in [9.17, 15) is 13.2 Å². The maximum atomic E-state index is 12.7. The van der Waals surface area contributed by atoms with Crippen LogP contribution in [0.2, 0.25) is 0 Å². The fourth-order valence-corrected chi connectivity index (χ4v) is 4.76. The van der Waals surface area contributed by atoms with Crippen LogP contribution in [0.5, 0.6) is 0 Å². The Bertz CT molecular complexity index is 693. The van der Waals surface area contributed by atoms with Gasteiger partial charge >= 0.3 is 0 Å². The van der Waals surface area contributed by atoms with E-state index in [1.54, 1.807) is 26.5 Å². The Morgan fingerprint density at radius 3 is 2.75 bits per heavy atom. The van der Waals surface area contributed by atoms with Gasteiger partial charge in [0.2, 0.25) is 5.91 Å². The molecule has 2 bridgehead atoms. The van der Waals surface area contributed by atoms with Gasteiger partial charge in [-0.2, -0.15) is 17.0 Å². The van der Waals surface area contributed by atoms with Crippen LogP contribution in [0.3, 0.4) is 0 Å². The second kappa shape index (κ2) is 6.78. The molecule has 0 N–H and O–H groups in total. The lowest BCUT2D eigenvalue weighted by Gasteiger charge is -2.36.